The van der Waals surface area contributed by atoms with E-state index in [9.17, 15) is 13.2 Å². The van der Waals surface area contributed by atoms with Crippen LogP contribution < -0.4 is 5.32 Å². The van der Waals surface area contributed by atoms with Gasteiger partial charge in [-0.1, -0.05) is 19.9 Å². The van der Waals surface area contributed by atoms with E-state index < -0.39 is 10.0 Å². The van der Waals surface area contributed by atoms with Crippen molar-refractivity contribution < 1.29 is 17.9 Å². The Bertz CT molecular complexity index is 643. The topological polar surface area (TPSA) is 75.7 Å². The van der Waals surface area contributed by atoms with Gasteiger partial charge in [0, 0.05) is 24.2 Å². The first kappa shape index (κ1) is 16.9. The average Bonchev–Trinajstić information content (AvgIpc) is 2.47. The Morgan fingerprint density at radius 2 is 2.14 bits per heavy atom. The Morgan fingerprint density at radius 3 is 2.77 bits per heavy atom. The predicted octanol–water partition coefficient (Wildman–Crippen LogP) is 1.69. The normalized spacial score (nSPS) is 20.1. The van der Waals surface area contributed by atoms with Gasteiger partial charge in [-0.3, -0.25) is 4.79 Å². The highest BCUT2D eigenvalue weighted by molar-refractivity contribution is 7.89. The second-order valence-corrected chi connectivity index (χ2v) is 7.60. The van der Waals surface area contributed by atoms with Crippen LogP contribution in [0.25, 0.3) is 0 Å². The number of benzene rings is 1. The summed E-state index contributed by atoms with van der Waals surface area (Å²) >= 11 is 0. The molecular formula is C15H22N2O4S. The van der Waals surface area contributed by atoms with Crippen LogP contribution in [-0.4, -0.2) is 44.4 Å². The number of carbonyl (C=O) groups is 1. The molecule has 1 saturated heterocycles. The van der Waals surface area contributed by atoms with E-state index in [0.29, 0.717) is 25.4 Å². The third kappa shape index (κ3) is 3.66. The summed E-state index contributed by atoms with van der Waals surface area (Å²) in [5.41, 5.74) is 0.487. The minimum atomic E-state index is -3.59. The summed E-state index contributed by atoms with van der Waals surface area (Å²) in [5, 5.41) is 2.72. The van der Waals surface area contributed by atoms with Crippen molar-refractivity contribution in [2.24, 2.45) is 5.92 Å². The van der Waals surface area contributed by atoms with E-state index in [0.717, 1.165) is 0 Å². The molecule has 1 unspecified atom stereocenters. The maximum atomic E-state index is 12.7. The van der Waals surface area contributed by atoms with Gasteiger partial charge < -0.3 is 10.1 Å². The Hall–Kier alpha value is -1.44. The Balaban J connectivity index is 2.26. The van der Waals surface area contributed by atoms with E-state index in [4.69, 9.17) is 4.74 Å². The maximum Gasteiger partial charge on any atom is 0.243 e. The van der Waals surface area contributed by atoms with Gasteiger partial charge in [-0.2, -0.15) is 4.31 Å². The molecule has 22 heavy (non-hydrogen) atoms. The standard InChI is InChI=1S/C15H22N2O4S/c1-11(2)15(18)16-13-5-4-6-14(9-13)22(19,20)17-7-8-21-10-12(17)3/h4-6,9,11-12H,7-8,10H2,1-3H3,(H,16,18). The summed E-state index contributed by atoms with van der Waals surface area (Å²) in [6.45, 7) is 6.51. The van der Waals surface area contributed by atoms with E-state index in [1.54, 1.807) is 32.0 Å². The van der Waals surface area contributed by atoms with Gasteiger partial charge in [0.1, 0.15) is 0 Å². The molecule has 2 rings (SSSR count). The molecule has 0 saturated carbocycles. The molecule has 1 amide bonds. The highest BCUT2D eigenvalue weighted by Crippen LogP contribution is 2.23. The van der Waals surface area contributed by atoms with E-state index in [2.05, 4.69) is 5.32 Å². The molecule has 1 N–H and O–H groups in total. The highest BCUT2D eigenvalue weighted by atomic mass is 32.2. The van der Waals surface area contributed by atoms with Crippen LogP contribution in [0, 0.1) is 5.92 Å². The number of sulfonamides is 1. The molecule has 1 fully saturated rings. The molecule has 6 nitrogen and oxygen atoms in total. The third-order valence-corrected chi connectivity index (χ3v) is 5.55. The van der Waals surface area contributed by atoms with E-state index in [1.807, 2.05) is 6.92 Å². The predicted molar refractivity (Wildman–Crippen MR) is 84.1 cm³/mol. The fourth-order valence-electron chi connectivity index (χ4n) is 2.23. The lowest BCUT2D eigenvalue weighted by molar-refractivity contribution is -0.118. The van der Waals surface area contributed by atoms with Gasteiger partial charge in [-0.25, -0.2) is 8.42 Å². The van der Waals surface area contributed by atoms with Crippen LogP contribution >= 0.6 is 0 Å². The van der Waals surface area contributed by atoms with Crippen molar-refractivity contribution >= 4 is 21.6 Å². The summed E-state index contributed by atoms with van der Waals surface area (Å²) in [7, 11) is -3.59. The van der Waals surface area contributed by atoms with Gasteiger partial charge >= 0.3 is 0 Å². The first-order chi connectivity index (χ1) is 10.3. The van der Waals surface area contributed by atoms with Crippen LogP contribution in [0.15, 0.2) is 29.2 Å². The molecule has 0 aromatic heterocycles. The molecule has 0 radical (unpaired) electrons. The molecule has 1 aromatic rings. The lowest BCUT2D eigenvalue weighted by Gasteiger charge is -2.32. The minimum absolute atomic E-state index is 0.144. The van der Waals surface area contributed by atoms with Crippen molar-refractivity contribution in [3.8, 4) is 0 Å². The molecule has 1 heterocycles. The van der Waals surface area contributed by atoms with Gasteiger partial charge in [0.05, 0.1) is 18.1 Å². The molecule has 0 aliphatic carbocycles. The quantitative estimate of drug-likeness (QED) is 0.913. The molecule has 1 aliphatic heterocycles. The molecule has 1 aliphatic rings. The van der Waals surface area contributed by atoms with Crippen LogP contribution in [0.4, 0.5) is 5.69 Å². The second-order valence-electron chi connectivity index (χ2n) is 5.71. The first-order valence-electron chi connectivity index (χ1n) is 7.33. The number of hydrogen-bond donors (Lipinski definition) is 1. The van der Waals surface area contributed by atoms with Gasteiger partial charge in [-0.05, 0) is 25.1 Å². The van der Waals surface area contributed by atoms with Crippen LogP contribution in [0.3, 0.4) is 0 Å². The summed E-state index contributed by atoms with van der Waals surface area (Å²) < 4.78 is 32.2. The highest BCUT2D eigenvalue weighted by Gasteiger charge is 2.31. The summed E-state index contributed by atoms with van der Waals surface area (Å²) in [5.74, 6) is -0.311. The molecule has 1 aromatic carbocycles. The van der Waals surface area contributed by atoms with Crippen molar-refractivity contribution in [3.63, 3.8) is 0 Å². The first-order valence-corrected chi connectivity index (χ1v) is 8.77. The maximum absolute atomic E-state index is 12.7. The van der Waals surface area contributed by atoms with Gasteiger partial charge in [0.25, 0.3) is 0 Å². The SMILES string of the molecule is CC(C)C(=O)Nc1cccc(S(=O)(=O)N2CCOCC2C)c1. The van der Waals surface area contributed by atoms with Crippen molar-refractivity contribution in [1.29, 1.82) is 0 Å². The fourth-order valence-corrected chi connectivity index (χ4v) is 3.87. The van der Waals surface area contributed by atoms with Crippen LogP contribution in [0.5, 0.6) is 0 Å². The lowest BCUT2D eigenvalue weighted by atomic mass is 10.2. The van der Waals surface area contributed by atoms with E-state index in [1.165, 1.54) is 10.4 Å². The van der Waals surface area contributed by atoms with Gasteiger partial charge in [0.15, 0.2) is 0 Å². The summed E-state index contributed by atoms with van der Waals surface area (Å²) in [6.07, 6.45) is 0. The number of morpholine rings is 1. The van der Waals surface area contributed by atoms with Gasteiger partial charge in [0.2, 0.25) is 15.9 Å². The molecule has 7 heteroatoms. The molecule has 0 spiro atoms. The number of rotatable bonds is 4. The van der Waals surface area contributed by atoms with Crippen LogP contribution in [0.1, 0.15) is 20.8 Å². The number of nitrogens with one attached hydrogen (secondary N) is 1. The Kier molecular flexibility index (Phi) is 5.20. The largest absolute Gasteiger partial charge is 0.378 e. The van der Waals surface area contributed by atoms with Crippen molar-refractivity contribution in [1.82, 2.24) is 4.31 Å². The van der Waals surface area contributed by atoms with E-state index >= 15 is 0 Å². The smallest absolute Gasteiger partial charge is 0.243 e. The zero-order valence-corrected chi connectivity index (χ0v) is 13.9. The average molecular weight is 326 g/mol. The Morgan fingerprint density at radius 1 is 1.41 bits per heavy atom. The lowest BCUT2D eigenvalue weighted by Crippen LogP contribution is -2.46. The number of amides is 1. The van der Waals surface area contributed by atoms with Crippen LogP contribution in [0.2, 0.25) is 0 Å². The number of nitrogens with zero attached hydrogens (tertiary/aromatic N) is 1. The monoisotopic (exact) mass is 326 g/mol. The molecule has 0 bridgehead atoms. The Labute approximate surface area is 131 Å². The third-order valence-electron chi connectivity index (χ3n) is 3.54. The number of carbonyl (C=O) groups excluding carboxylic acids is 1. The summed E-state index contributed by atoms with van der Waals surface area (Å²) in [4.78, 5) is 11.9. The second kappa shape index (κ2) is 6.76. The zero-order valence-electron chi connectivity index (χ0n) is 13.1. The summed E-state index contributed by atoms with van der Waals surface area (Å²) in [6, 6.07) is 6.16. The van der Waals surface area contributed by atoms with E-state index in [-0.39, 0.29) is 22.8 Å². The molecular weight excluding hydrogens is 304 g/mol. The molecule has 122 valence electrons. The van der Waals surface area contributed by atoms with Crippen LogP contribution in [-0.2, 0) is 19.6 Å². The number of ether oxygens (including phenoxy) is 1. The zero-order chi connectivity index (χ0) is 16.3. The number of anilines is 1. The molecule has 1 atom stereocenters. The number of hydrogen-bond acceptors (Lipinski definition) is 4. The van der Waals surface area contributed by atoms with Crippen molar-refractivity contribution in [2.75, 3.05) is 25.1 Å². The minimum Gasteiger partial charge on any atom is -0.378 e. The van der Waals surface area contributed by atoms with Gasteiger partial charge in [-0.15, -0.1) is 0 Å². The van der Waals surface area contributed by atoms with Crippen molar-refractivity contribution in [3.05, 3.63) is 24.3 Å². The van der Waals surface area contributed by atoms with Crippen molar-refractivity contribution in [2.45, 2.75) is 31.7 Å². The fraction of sp³-hybridized carbons (Fsp3) is 0.533.